The first-order valence-corrected chi connectivity index (χ1v) is 7.05. The van der Waals surface area contributed by atoms with E-state index in [4.69, 9.17) is 9.47 Å². The second-order valence-corrected chi connectivity index (χ2v) is 5.30. The fourth-order valence-corrected chi connectivity index (χ4v) is 2.99. The van der Waals surface area contributed by atoms with Gasteiger partial charge in [0.15, 0.2) is 0 Å². The Balaban J connectivity index is 1.70. The minimum absolute atomic E-state index is 0.440. The molecule has 20 heavy (non-hydrogen) atoms. The zero-order valence-electron chi connectivity index (χ0n) is 11.2. The lowest BCUT2D eigenvalue weighted by Crippen LogP contribution is -2.20. The second-order valence-electron chi connectivity index (χ2n) is 5.30. The Bertz CT molecular complexity index is 659. The van der Waals surface area contributed by atoms with E-state index in [2.05, 4.69) is 48.5 Å². The van der Waals surface area contributed by atoms with Gasteiger partial charge in [-0.25, -0.2) is 0 Å². The molecule has 1 atom stereocenters. The van der Waals surface area contributed by atoms with Crippen LogP contribution in [0.4, 0.5) is 0 Å². The van der Waals surface area contributed by atoms with E-state index >= 15 is 0 Å². The van der Waals surface area contributed by atoms with E-state index < -0.39 is 0 Å². The highest BCUT2D eigenvalue weighted by atomic mass is 16.5. The van der Waals surface area contributed by atoms with Crippen LogP contribution in [0.15, 0.2) is 48.5 Å². The summed E-state index contributed by atoms with van der Waals surface area (Å²) in [6.07, 6.45) is 5.18. The molecular formula is C18H16O2. The minimum Gasteiger partial charge on any atom is -0.492 e. The smallest absolute Gasteiger partial charge is 0.133 e. The molecule has 0 amide bonds. The van der Waals surface area contributed by atoms with E-state index in [0.29, 0.717) is 12.5 Å². The molecule has 0 spiro atoms. The first-order chi connectivity index (χ1) is 9.92. The van der Waals surface area contributed by atoms with Gasteiger partial charge in [0, 0.05) is 5.92 Å². The van der Waals surface area contributed by atoms with Gasteiger partial charge < -0.3 is 9.47 Å². The third-order valence-corrected chi connectivity index (χ3v) is 4.02. The van der Waals surface area contributed by atoms with Gasteiger partial charge in [-0.05, 0) is 35.8 Å². The molecule has 2 aliphatic rings. The number of fused-ring (bicyclic) bond motifs is 3. The Labute approximate surface area is 118 Å². The van der Waals surface area contributed by atoms with Crippen LogP contribution in [0.5, 0.6) is 11.5 Å². The minimum atomic E-state index is 0.440. The van der Waals surface area contributed by atoms with Crippen molar-refractivity contribution in [2.24, 2.45) is 0 Å². The zero-order chi connectivity index (χ0) is 13.4. The van der Waals surface area contributed by atoms with Crippen LogP contribution in [0.2, 0.25) is 0 Å². The van der Waals surface area contributed by atoms with Crippen LogP contribution in [0.1, 0.15) is 22.6 Å². The second kappa shape index (κ2) is 4.71. The lowest BCUT2D eigenvalue weighted by atomic mass is 9.89. The summed E-state index contributed by atoms with van der Waals surface area (Å²) in [5.74, 6) is 2.38. The van der Waals surface area contributed by atoms with Crippen LogP contribution in [0.3, 0.4) is 0 Å². The van der Waals surface area contributed by atoms with Crippen LogP contribution in [0.25, 0.3) is 6.08 Å². The molecule has 0 saturated carbocycles. The average molecular weight is 264 g/mol. The third kappa shape index (κ3) is 1.88. The van der Waals surface area contributed by atoms with Gasteiger partial charge >= 0.3 is 0 Å². The van der Waals surface area contributed by atoms with Gasteiger partial charge in [-0.2, -0.15) is 0 Å². The quantitative estimate of drug-likeness (QED) is 0.779. The van der Waals surface area contributed by atoms with Gasteiger partial charge in [0.25, 0.3) is 0 Å². The summed E-state index contributed by atoms with van der Waals surface area (Å²) in [4.78, 5) is 0. The predicted molar refractivity (Wildman–Crippen MR) is 79.4 cm³/mol. The van der Waals surface area contributed by atoms with Gasteiger partial charge in [0.1, 0.15) is 18.1 Å². The summed E-state index contributed by atoms with van der Waals surface area (Å²) < 4.78 is 11.7. The summed E-state index contributed by atoms with van der Waals surface area (Å²) >= 11 is 0. The monoisotopic (exact) mass is 264 g/mol. The Kier molecular flexibility index (Phi) is 2.73. The molecule has 2 aromatic rings. The fourth-order valence-electron chi connectivity index (χ4n) is 2.99. The Morgan fingerprint density at radius 1 is 0.950 bits per heavy atom. The standard InChI is InChI=1S/C18H16O2/c1-2-5-13(6-3-1)15-11-14-8-9-17-16(7-4-10-19-17)18(14)20-12-15/h1-9,15H,10-12H2. The molecule has 4 rings (SSSR count). The van der Waals surface area contributed by atoms with Gasteiger partial charge in [0.2, 0.25) is 0 Å². The molecule has 0 N–H and O–H groups in total. The largest absolute Gasteiger partial charge is 0.492 e. The van der Waals surface area contributed by atoms with E-state index in [1.807, 2.05) is 6.08 Å². The molecule has 2 heteroatoms. The molecule has 0 radical (unpaired) electrons. The van der Waals surface area contributed by atoms with E-state index in [1.54, 1.807) is 0 Å². The number of hydrogen-bond acceptors (Lipinski definition) is 2. The van der Waals surface area contributed by atoms with E-state index in [0.717, 1.165) is 30.1 Å². The van der Waals surface area contributed by atoms with Crippen LogP contribution < -0.4 is 9.47 Å². The Hall–Kier alpha value is -2.22. The molecule has 0 aromatic heterocycles. The lowest BCUT2D eigenvalue weighted by Gasteiger charge is -2.28. The van der Waals surface area contributed by atoms with Crippen molar-refractivity contribution in [1.29, 1.82) is 0 Å². The molecule has 0 aliphatic carbocycles. The van der Waals surface area contributed by atoms with Gasteiger partial charge in [-0.15, -0.1) is 0 Å². The maximum absolute atomic E-state index is 6.06. The van der Waals surface area contributed by atoms with Crippen LogP contribution in [-0.2, 0) is 6.42 Å². The highest BCUT2D eigenvalue weighted by Gasteiger charge is 2.25. The highest BCUT2D eigenvalue weighted by molar-refractivity contribution is 5.68. The van der Waals surface area contributed by atoms with Crippen molar-refractivity contribution in [3.8, 4) is 11.5 Å². The van der Waals surface area contributed by atoms with Gasteiger partial charge in [-0.3, -0.25) is 0 Å². The Morgan fingerprint density at radius 2 is 1.85 bits per heavy atom. The lowest BCUT2D eigenvalue weighted by molar-refractivity contribution is 0.258. The fraction of sp³-hybridized carbons (Fsp3) is 0.222. The SMILES string of the molecule is C1=Cc2c(ccc3c2OCC(c2ccccc2)C3)OC1. The van der Waals surface area contributed by atoms with Crippen molar-refractivity contribution in [3.63, 3.8) is 0 Å². The topological polar surface area (TPSA) is 18.5 Å². The van der Waals surface area contributed by atoms with Crippen molar-refractivity contribution < 1.29 is 9.47 Å². The molecule has 0 saturated heterocycles. The van der Waals surface area contributed by atoms with E-state index in [-0.39, 0.29) is 0 Å². The van der Waals surface area contributed by atoms with Crippen molar-refractivity contribution >= 4 is 6.08 Å². The summed E-state index contributed by atoms with van der Waals surface area (Å²) in [6.45, 7) is 1.39. The number of benzene rings is 2. The van der Waals surface area contributed by atoms with Crippen LogP contribution in [0, 0.1) is 0 Å². The first-order valence-electron chi connectivity index (χ1n) is 7.05. The van der Waals surface area contributed by atoms with Gasteiger partial charge in [-0.1, -0.05) is 36.4 Å². The van der Waals surface area contributed by atoms with Crippen LogP contribution >= 0.6 is 0 Å². The van der Waals surface area contributed by atoms with Crippen molar-refractivity contribution in [3.05, 3.63) is 65.2 Å². The molecule has 2 nitrogen and oxygen atoms in total. The Morgan fingerprint density at radius 3 is 2.75 bits per heavy atom. The predicted octanol–water partition coefficient (Wildman–Crippen LogP) is 3.81. The highest BCUT2D eigenvalue weighted by Crippen LogP contribution is 2.40. The normalized spacial score (nSPS) is 19.5. The molecule has 100 valence electrons. The zero-order valence-corrected chi connectivity index (χ0v) is 11.2. The molecule has 2 heterocycles. The number of ether oxygens (including phenoxy) is 2. The maximum atomic E-state index is 6.06. The summed E-state index contributed by atoms with van der Waals surface area (Å²) in [7, 11) is 0. The maximum Gasteiger partial charge on any atom is 0.133 e. The van der Waals surface area contributed by atoms with Crippen LogP contribution in [-0.4, -0.2) is 13.2 Å². The number of rotatable bonds is 1. The van der Waals surface area contributed by atoms with Gasteiger partial charge in [0.05, 0.1) is 12.2 Å². The molecule has 2 aliphatic heterocycles. The number of hydrogen-bond donors (Lipinski definition) is 0. The molecule has 1 unspecified atom stereocenters. The summed E-state index contributed by atoms with van der Waals surface area (Å²) in [5, 5.41) is 0. The molecule has 2 aromatic carbocycles. The van der Waals surface area contributed by atoms with E-state index in [9.17, 15) is 0 Å². The average Bonchev–Trinajstić information content (AvgIpc) is 2.55. The van der Waals surface area contributed by atoms with Crippen molar-refractivity contribution in [1.82, 2.24) is 0 Å². The summed E-state index contributed by atoms with van der Waals surface area (Å²) in [5.41, 5.74) is 3.72. The van der Waals surface area contributed by atoms with Crippen molar-refractivity contribution in [2.75, 3.05) is 13.2 Å². The summed E-state index contributed by atoms with van der Waals surface area (Å²) in [6, 6.07) is 14.8. The molecular weight excluding hydrogens is 248 g/mol. The molecule has 0 fully saturated rings. The first kappa shape index (κ1) is 11.6. The van der Waals surface area contributed by atoms with Crippen molar-refractivity contribution in [2.45, 2.75) is 12.3 Å². The third-order valence-electron chi connectivity index (χ3n) is 4.02. The van der Waals surface area contributed by atoms with E-state index in [1.165, 1.54) is 11.1 Å². The molecule has 0 bridgehead atoms.